The minimum Gasteiger partial charge on any atom is -0.296 e. The van der Waals surface area contributed by atoms with Gasteiger partial charge in [0.15, 0.2) is 0 Å². The van der Waals surface area contributed by atoms with Crippen molar-refractivity contribution in [1.82, 2.24) is 4.90 Å². The van der Waals surface area contributed by atoms with E-state index in [0.29, 0.717) is 0 Å². The second-order valence-electron chi connectivity index (χ2n) is 4.23. The van der Waals surface area contributed by atoms with Crippen LogP contribution in [0.15, 0.2) is 30.3 Å². The Kier molecular flexibility index (Phi) is 1.66. The van der Waals surface area contributed by atoms with Gasteiger partial charge in [0, 0.05) is 6.04 Å². The highest BCUT2D eigenvalue weighted by Gasteiger charge is 2.39. The van der Waals surface area contributed by atoms with E-state index in [0.717, 1.165) is 12.0 Å². The predicted octanol–water partition coefficient (Wildman–Crippen LogP) is 2.45. The lowest BCUT2D eigenvalue weighted by Crippen LogP contribution is -2.19. The molecular formula is C12H15N. The molecule has 0 saturated carbocycles. The summed E-state index contributed by atoms with van der Waals surface area (Å²) in [5.41, 5.74) is 1.53. The van der Waals surface area contributed by atoms with Gasteiger partial charge < -0.3 is 0 Å². The van der Waals surface area contributed by atoms with Gasteiger partial charge >= 0.3 is 0 Å². The van der Waals surface area contributed by atoms with Crippen molar-refractivity contribution in [2.75, 3.05) is 13.1 Å². The normalized spacial score (nSPS) is 36.8. The molecule has 2 aliphatic rings. The summed E-state index contributed by atoms with van der Waals surface area (Å²) in [4.78, 5) is 2.64. The van der Waals surface area contributed by atoms with Gasteiger partial charge in [-0.15, -0.1) is 0 Å². The van der Waals surface area contributed by atoms with Crippen LogP contribution in [-0.2, 0) is 0 Å². The van der Waals surface area contributed by atoms with Crippen LogP contribution in [0.2, 0.25) is 0 Å². The second-order valence-corrected chi connectivity index (χ2v) is 4.23. The van der Waals surface area contributed by atoms with Gasteiger partial charge in [-0.3, -0.25) is 4.90 Å². The standard InChI is InChI=1S/C12H15N/c1-2-4-10(5-3-1)12-11-6-8-13(12)9-7-11/h1-5,11-12H,6-9H2/t12-/m1/s1. The fourth-order valence-electron chi connectivity index (χ4n) is 2.94. The van der Waals surface area contributed by atoms with Crippen LogP contribution in [0.1, 0.15) is 24.4 Å². The van der Waals surface area contributed by atoms with Gasteiger partial charge in [0.1, 0.15) is 0 Å². The fraction of sp³-hybridized carbons (Fsp3) is 0.500. The Bertz CT molecular complexity index is 273. The molecule has 68 valence electrons. The summed E-state index contributed by atoms with van der Waals surface area (Å²) >= 11 is 0. The van der Waals surface area contributed by atoms with E-state index in [-0.39, 0.29) is 0 Å². The third kappa shape index (κ3) is 1.11. The van der Waals surface area contributed by atoms with Crippen molar-refractivity contribution in [3.8, 4) is 0 Å². The molecule has 3 rings (SSSR count). The van der Waals surface area contributed by atoms with Crippen molar-refractivity contribution in [1.29, 1.82) is 0 Å². The molecule has 2 fully saturated rings. The van der Waals surface area contributed by atoms with Crippen LogP contribution in [0.4, 0.5) is 0 Å². The molecule has 0 radical (unpaired) electrons. The van der Waals surface area contributed by atoms with Crippen molar-refractivity contribution in [2.24, 2.45) is 5.92 Å². The summed E-state index contributed by atoms with van der Waals surface area (Å²) in [6.45, 7) is 2.65. The molecule has 2 aliphatic heterocycles. The number of benzene rings is 1. The van der Waals surface area contributed by atoms with E-state index in [1.807, 2.05) is 0 Å². The van der Waals surface area contributed by atoms with Gasteiger partial charge in [-0.25, -0.2) is 0 Å². The Morgan fingerprint density at radius 1 is 1.00 bits per heavy atom. The molecule has 2 saturated heterocycles. The topological polar surface area (TPSA) is 3.24 Å². The number of nitrogens with zero attached hydrogens (tertiary/aromatic N) is 1. The monoisotopic (exact) mass is 173 g/mol. The van der Waals surface area contributed by atoms with Crippen LogP contribution < -0.4 is 0 Å². The van der Waals surface area contributed by atoms with Crippen molar-refractivity contribution in [3.63, 3.8) is 0 Å². The zero-order chi connectivity index (χ0) is 8.67. The first-order valence-corrected chi connectivity index (χ1v) is 5.24. The largest absolute Gasteiger partial charge is 0.296 e. The average molecular weight is 173 g/mol. The highest BCUT2D eigenvalue weighted by Crippen LogP contribution is 2.44. The Balaban J connectivity index is 1.94. The summed E-state index contributed by atoms with van der Waals surface area (Å²) < 4.78 is 0. The zero-order valence-electron chi connectivity index (χ0n) is 7.82. The van der Waals surface area contributed by atoms with Crippen LogP contribution >= 0.6 is 0 Å². The van der Waals surface area contributed by atoms with Crippen LogP contribution in [0.3, 0.4) is 0 Å². The Morgan fingerprint density at radius 2 is 1.69 bits per heavy atom. The third-order valence-electron chi connectivity index (χ3n) is 3.56. The number of hydrogen-bond donors (Lipinski definition) is 0. The lowest BCUT2D eigenvalue weighted by Gasteiger charge is -2.18. The molecule has 1 heteroatoms. The molecule has 1 atom stereocenters. The molecule has 0 spiro atoms. The highest BCUT2D eigenvalue weighted by atomic mass is 15.2. The molecular weight excluding hydrogens is 158 g/mol. The van der Waals surface area contributed by atoms with Crippen molar-refractivity contribution < 1.29 is 0 Å². The molecule has 13 heavy (non-hydrogen) atoms. The van der Waals surface area contributed by atoms with Gasteiger partial charge in [-0.2, -0.15) is 0 Å². The first-order chi connectivity index (χ1) is 6.45. The van der Waals surface area contributed by atoms with E-state index >= 15 is 0 Å². The first kappa shape index (κ1) is 7.57. The molecule has 1 aromatic rings. The van der Waals surface area contributed by atoms with E-state index in [1.165, 1.54) is 31.5 Å². The van der Waals surface area contributed by atoms with Crippen molar-refractivity contribution in [3.05, 3.63) is 35.9 Å². The maximum atomic E-state index is 2.64. The lowest BCUT2D eigenvalue weighted by molar-refractivity contribution is 0.305. The Labute approximate surface area is 79.4 Å². The van der Waals surface area contributed by atoms with E-state index in [9.17, 15) is 0 Å². The molecule has 1 aromatic carbocycles. The van der Waals surface area contributed by atoms with Crippen LogP contribution in [0.25, 0.3) is 0 Å². The summed E-state index contributed by atoms with van der Waals surface area (Å²) in [6.07, 6.45) is 2.83. The minimum absolute atomic E-state index is 0.751. The molecule has 1 nitrogen and oxygen atoms in total. The smallest absolute Gasteiger partial charge is 0.0377 e. The average Bonchev–Trinajstić information content (AvgIpc) is 2.78. The number of fused-ring (bicyclic) bond motifs is 2. The van der Waals surface area contributed by atoms with E-state index in [4.69, 9.17) is 0 Å². The summed E-state index contributed by atoms with van der Waals surface area (Å²) in [5.74, 6) is 0.947. The van der Waals surface area contributed by atoms with Gasteiger partial charge in [0.2, 0.25) is 0 Å². The summed E-state index contributed by atoms with van der Waals surface area (Å²) in [6, 6.07) is 11.7. The Morgan fingerprint density at radius 3 is 2.23 bits per heavy atom. The van der Waals surface area contributed by atoms with Gasteiger partial charge in [-0.05, 0) is 37.4 Å². The van der Waals surface area contributed by atoms with E-state index < -0.39 is 0 Å². The highest BCUT2D eigenvalue weighted by molar-refractivity contribution is 5.22. The Hall–Kier alpha value is -0.820. The van der Waals surface area contributed by atoms with E-state index in [1.54, 1.807) is 0 Å². The van der Waals surface area contributed by atoms with Crippen molar-refractivity contribution in [2.45, 2.75) is 18.9 Å². The molecule has 0 amide bonds. The van der Waals surface area contributed by atoms with Crippen LogP contribution in [0.5, 0.6) is 0 Å². The van der Waals surface area contributed by atoms with E-state index in [2.05, 4.69) is 35.2 Å². The second kappa shape index (κ2) is 2.85. The van der Waals surface area contributed by atoms with Crippen LogP contribution in [0, 0.1) is 5.92 Å². The number of rotatable bonds is 1. The van der Waals surface area contributed by atoms with Crippen LogP contribution in [-0.4, -0.2) is 18.0 Å². The van der Waals surface area contributed by atoms with Gasteiger partial charge in [0.25, 0.3) is 0 Å². The van der Waals surface area contributed by atoms with Crippen molar-refractivity contribution >= 4 is 0 Å². The minimum atomic E-state index is 0.751. The molecule has 0 unspecified atom stereocenters. The fourth-order valence-corrected chi connectivity index (χ4v) is 2.94. The number of hydrogen-bond acceptors (Lipinski definition) is 1. The zero-order valence-corrected chi connectivity index (χ0v) is 7.82. The lowest BCUT2D eigenvalue weighted by atomic mass is 9.94. The molecule has 0 N–H and O–H groups in total. The number of piperidine rings is 1. The summed E-state index contributed by atoms with van der Waals surface area (Å²) in [5, 5.41) is 0. The first-order valence-electron chi connectivity index (χ1n) is 5.24. The molecule has 0 aliphatic carbocycles. The van der Waals surface area contributed by atoms with Gasteiger partial charge in [-0.1, -0.05) is 30.3 Å². The quantitative estimate of drug-likeness (QED) is 0.630. The molecule has 2 heterocycles. The predicted molar refractivity (Wildman–Crippen MR) is 53.5 cm³/mol. The summed E-state index contributed by atoms with van der Waals surface area (Å²) in [7, 11) is 0. The molecule has 0 aromatic heterocycles. The maximum Gasteiger partial charge on any atom is 0.0377 e. The van der Waals surface area contributed by atoms with Gasteiger partial charge in [0.05, 0.1) is 0 Å². The SMILES string of the molecule is c1ccc([C@@H]2C3CCN2CC3)cc1. The third-order valence-corrected chi connectivity index (χ3v) is 3.56. The maximum absolute atomic E-state index is 2.64. The molecule has 2 bridgehead atoms.